The number of thiazole rings is 1. The van der Waals surface area contributed by atoms with Gasteiger partial charge in [-0.3, -0.25) is 9.59 Å². The number of carbonyl (C=O) groups is 2. The van der Waals surface area contributed by atoms with Crippen molar-refractivity contribution >= 4 is 33.4 Å². The molecule has 1 N–H and O–H groups in total. The van der Waals surface area contributed by atoms with E-state index in [1.165, 1.54) is 29.5 Å². The van der Waals surface area contributed by atoms with Gasteiger partial charge >= 0.3 is 5.97 Å². The van der Waals surface area contributed by atoms with E-state index in [2.05, 4.69) is 10.3 Å². The van der Waals surface area contributed by atoms with E-state index < -0.39 is 17.7 Å². The summed E-state index contributed by atoms with van der Waals surface area (Å²) in [6.07, 6.45) is 0. The summed E-state index contributed by atoms with van der Waals surface area (Å²) >= 11 is 1.44. The molecule has 0 saturated heterocycles. The predicted octanol–water partition coefficient (Wildman–Crippen LogP) is 2.91. The Morgan fingerprint density at radius 1 is 1.12 bits per heavy atom. The fourth-order valence-electron chi connectivity index (χ4n) is 2.07. The predicted molar refractivity (Wildman–Crippen MR) is 88.1 cm³/mol. The number of hydrogen-bond acceptors (Lipinski definition) is 5. The number of halogens is 1. The molecule has 0 aliphatic carbocycles. The number of esters is 1. The van der Waals surface area contributed by atoms with Gasteiger partial charge in [-0.2, -0.15) is 0 Å². The van der Waals surface area contributed by atoms with Crippen molar-refractivity contribution in [2.75, 3.05) is 6.54 Å². The first-order chi connectivity index (χ1) is 11.6. The van der Waals surface area contributed by atoms with Crippen LogP contribution in [-0.2, 0) is 16.1 Å². The van der Waals surface area contributed by atoms with E-state index in [0.717, 1.165) is 10.2 Å². The Bertz CT molecular complexity index is 861. The molecule has 5 nitrogen and oxygen atoms in total. The number of aromatic nitrogens is 1. The molecule has 7 heteroatoms. The molecular weight excluding hydrogens is 331 g/mol. The summed E-state index contributed by atoms with van der Waals surface area (Å²) in [5.41, 5.74) is 0.734. The van der Waals surface area contributed by atoms with Crippen molar-refractivity contribution in [3.63, 3.8) is 0 Å². The Morgan fingerprint density at radius 3 is 2.67 bits per heavy atom. The van der Waals surface area contributed by atoms with Crippen molar-refractivity contribution in [1.29, 1.82) is 0 Å². The molecule has 2 aromatic carbocycles. The normalized spacial score (nSPS) is 10.5. The van der Waals surface area contributed by atoms with Crippen molar-refractivity contribution in [3.05, 3.63) is 64.9 Å². The largest absolute Gasteiger partial charge is 0.457 e. The highest BCUT2D eigenvalue weighted by Gasteiger charge is 2.13. The van der Waals surface area contributed by atoms with Gasteiger partial charge in [-0.25, -0.2) is 9.37 Å². The number of fused-ring (bicyclic) bond motifs is 1. The lowest BCUT2D eigenvalue weighted by atomic mass is 10.2. The lowest BCUT2D eigenvalue weighted by Gasteiger charge is -2.06. The molecule has 0 fully saturated rings. The maximum atomic E-state index is 13.5. The number of benzene rings is 2. The molecule has 122 valence electrons. The zero-order valence-corrected chi connectivity index (χ0v) is 13.3. The Labute approximate surface area is 141 Å². The maximum absolute atomic E-state index is 13.5. The van der Waals surface area contributed by atoms with Crippen LogP contribution in [0.2, 0.25) is 0 Å². The van der Waals surface area contributed by atoms with Crippen LogP contribution in [0.15, 0.2) is 48.5 Å². The van der Waals surface area contributed by atoms with Crippen LogP contribution in [0.5, 0.6) is 0 Å². The van der Waals surface area contributed by atoms with Gasteiger partial charge in [-0.05, 0) is 24.3 Å². The first-order valence-electron chi connectivity index (χ1n) is 7.16. The van der Waals surface area contributed by atoms with Crippen molar-refractivity contribution in [2.45, 2.75) is 6.61 Å². The molecule has 0 unspecified atom stereocenters. The van der Waals surface area contributed by atoms with Gasteiger partial charge in [-0.1, -0.05) is 24.3 Å². The van der Waals surface area contributed by atoms with E-state index >= 15 is 0 Å². The van der Waals surface area contributed by atoms with Gasteiger partial charge in [0, 0.05) is 0 Å². The highest BCUT2D eigenvalue weighted by molar-refractivity contribution is 7.18. The van der Waals surface area contributed by atoms with Crippen molar-refractivity contribution in [2.24, 2.45) is 0 Å². The van der Waals surface area contributed by atoms with Crippen LogP contribution in [0.1, 0.15) is 15.4 Å². The van der Waals surface area contributed by atoms with Crippen molar-refractivity contribution in [1.82, 2.24) is 10.3 Å². The third kappa shape index (κ3) is 3.75. The molecule has 0 aliphatic rings. The molecule has 0 bridgehead atoms. The molecule has 0 aliphatic heterocycles. The minimum Gasteiger partial charge on any atom is -0.457 e. The quantitative estimate of drug-likeness (QED) is 0.723. The second-order valence-corrected chi connectivity index (χ2v) is 6.01. The summed E-state index contributed by atoms with van der Waals surface area (Å²) in [6, 6.07) is 13.2. The third-order valence-electron chi connectivity index (χ3n) is 3.21. The summed E-state index contributed by atoms with van der Waals surface area (Å²) in [7, 11) is 0. The first kappa shape index (κ1) is 16.1. The number of amides is 1. The smallest absolute Gasteiger partial charge is 0.325 e. The van der Waals surface area contributed by atoms with Gasteiger partial charge in [0.05, 0.1) is 15.8 Å². The number of nitrogens with one attached hydrogen (secondary N) is 1. The number of carbonyl (C=O) groups excluding carboxylic acids is 2. The van der Waals surface area contributed by atoms with Gasteiger partial charge in [0.15, 0.2) is 0 Å². The minimum atomic E-state index is -0.662. The lowest BCUT2D eigenvalue weighted by Crippen LogP contribution is -2.31. The third-order valence-corrected chi connectivity index (χ3v) is 4.22. The van der Waals surface area contributed by atoms with Gasteiger partial charge in [0.1, 0.15) is 24.0 Å². The summed E-state index contributed by atoms with van der Waals surface area (Å²) in [5, 5.41) is 3.00. The van der Waals surface area contributed by atoms with Crippen LogP contribution in [-0.4, -0.2) is 23.4 Å². The molecule has 1 aromatic heterocycles. The van der Waals surface area contributed by atoms with Crippen molar-refractivity contribution < 1.29 is 18.7 Å². The molecule has 1 amide bonds. The van der Waals surface area contributed by atoms with E-state index in [4.69, 9.17) is 4.74 Å². The number of rotatable bonds is 5. The second kappa shape index (κ2) is 7.18. The zero-order valence-electron chi connectivity index (χ0n) is 12.5. The Morgan fingerprint density at radius 2 is 1.88 bits per heavy atom. The van der Waals surface area contributed by atoms with E-state index in [0.29, 0.717) is 5.01 Å². The summed E-state index contributed by atoms with van der Waals surface area (Å²) in [6.45, 7) is -0.300. The average Bonchev–Trinajstić information content (AvgIpc) is 3.01. The Balaban J connectivity index is 1.51. The molecule has 0 saturated carbocycles. The van der Waals surface area contributed by atoms with E-state index in [1.54, 1.807) is 6.07 Å². The fourth-order valence-corrected chi connectivity index (χ4v) is 2.95. The minimum absolute atomic E-state index is 0.0355. The Kier molecular flexibility index (Phi) is 4.81. The lowest BCUT2D eigenvalue weighted by molar-refractivity contribution is -0.143. The monoisotopic (exact) mass is 344 g/mol. The number of nitrogens with zero attached hydrogens (tertiary/aromatic N) is 1. The SMILES string of the molecule is O=C(CNC(=O)c1ccccc1F)OCc1nc2ccccc2s1. The molecule has 1 heterocycles. The maximum Gasteiger partial charge on any atom is 0.325 e. The molecule has 0 atom stereocenters. The molecule has 0 spiro atoms. The molecule has 0 radical (unpaired) electrons. The first-order valence-corrected chi connectivity index (χ1v) is 7.98. The van der Waals surface area contributed by atoms with Crippen LogP contribution in [0.3, 0.4) is 0 Å². The molecule has 3 rings (SSSR count). The van der Waals surface area contributed by atoms with Gasteiger partial charge in [-0.15, -0.1) is 11.3 Å². The standard InChI is InChI=1S/C17H13FN2O3S/c18-12-6-2-1-5-11(12)17(22)19-9-16(21)23-10-15-20-13-7-3-4-8-14(13)24-15/h1-8H,9-10H2,(H,19,22). The van der Waals surface area contributed by atoms with Gasteiger partial charge < -0.3 is 10.1 Å². The zero-order chi connectivity index (χ0) is 16.9. The van der Waals surface area contributed by atoms with Crippen LogP contribution < -0.4 is 5.32 Å². The Hall–Kier alpha value is -2.80. The highest BCUT2D eigenvalue weighted by atomic mass is 32.1. The van der Waals surface area contributed by atoms with Gasteiger partial charge in [0.2, 0.25) is 0 Å². The summed E-state index contributed by atoms with van der Waals surface area (Å²) < 4.78 is 19.5. The fraction of sp³-hybridized carbons (Fsp3) is 0.118. The van der Waals surface area contributed by atoms with Crippen LogP contribution in [0.4, 0.5) is 4.39 Å². The topological polar surface area (TPSA) is 68.3 Å². The second-order valence-electron chi connectivity index (χ2n) is 4.90. The van der Waals surface area contributed by atoms with Crippen LogP contribution in [0.25, 0.3) is 10.2 Å². The molecular formula is C17H13FN2O3S. The van der Waals surface area contributed by atoms with E-state index in [1.807, 2.05) is 24.3 Å². The van der Waals surface area contributed by atoms with Crippen LogP contribution in [0, 0.1) is 5.82 Å². The van der Waals surface area contributed by atoms with Gasteiger partial charge in [0.25, 0.3) is 5.91 Å². The van der Waals surface area contributed by atoms with E-state index in [-0.39, 0.29) is 18.7 Å². The van der Waals surface area contributed by atoms with Crippen LogP contribution >= 0.6 is 11.3 Å². The van der Waals surface area contributed by atoms with Crippen molar-refractivity contribution in [3.8, 4) is 0 Å². The van der Waals surface area contributed by atoms with E-state index in [9.17, 15) is 14.0 Å². The average molecular weight is 344 g/mol. The molecule has 24 heavy (non-hydrogen) atoms. The summed E-state index contributed by atoms with van der Waals surface area (Å²) in [5.74, 6) is -1.91. The number of hydrogen-bond donors (Lipinski definition) is 1. The molecule has 3 aromatic rings. The highest BCUT2D eigenvalue weighted by Crippen LogP contribution is 2.21. The number of ether oxygens (including phenoxy) is 1. The summed E-state index contributed by atoms with van der Waals surface area (Å²) in [4.78, 5) is 27.8. The number of para-hydroxylation sites is 1.